The molecule has 0 aliphatic heterocycles. The molecule has 9 heteroatoms. The molecule has 0 spiro atoms. The summed E-state index contributed by atoms with van der Waals surface area (Å²) >= 11 is 1.59. The fourth-order valence-corrected chi connectivity index (χ4v) is 3.91. The van der Waals surface area contributed by atoms with Crippen LogP contribution in [-0.4, -0.2) is 28.1 Å². The first-order valence-electron chi connectivity index (χ1n) is 10.0. The predicted molar refractivity (Wildman–Crippen MR) is 122 cm³/mol. The molecule has 4 aromatic rings. The molecule has 2 aromatic heterocycles. The molecule has 33 heavy (non-hydrogen) atoms. The monoisotopic (exact) mass is 471 g/mol. The fourth-order valence-electron chi connectivity index (χ4n) is 3.12. The molecule has 0 atom stereocenters. The van der Waals surface area contributed by atoms with E-state index in [1.807, 2.05) is 47.1 Å². The first-order valence-corrected chi connectivity index (χ1v) is 11.0. The minimum Gasteiger partial charge on any atom is -0.482 e. The van der Waals surface area contributed by atoms with Gasteiger partial charge in [0.2, 0.25) is 0 Å². The number of pyridine rings is 1. The van der Waals surface area contributed by atoms with Crippen molar-refractivity contribution in [3.8, 4) is 5.75 Å². The number of thioether (sulfide) groups is 1. The van der Waals surface area contributed by atoms with Crippen LogP contribution < -0.4 is 10.1 Å². The van der Waals surface area contributed by atoms with Gasteiger partial charge in [-0.3, -0.25) is 4.79 Å². The number of aryl methyl sites for hydroxylation is 1. The molecule has 0 aliphatic carbocycles. The van der Waals surface area contributed by atoms with E-state index < -0.39 is 18.7 Å². The maximum absolute atomic E-state index is 12.6. The van der Waals surface area contributed by atoms with Crippen molar-refractivity contribution in [3.05, 3.63) is 89.9 Å². The van der Waals surface area contributed by atoms with E-state index in [2.05, 4.69) is 10.3 Å². The first-order chi connectivity index (χ1) is 15.8. The molecule has 0 bridgehead atoms. The van der Waals surface area contributed by atoms with Crippen LogP contribution in [0.25, 0.3) is 5.65 Å². The van der Waals surface area contributed by atoms with E-state index in [0.29, 0.717) is 11.3 Å². The van der Waals surface area contributed by atoms with Crippen LogP contribution in [0.2, 0.25) is 0 Å². The third kappa shape index (κ3) is 6.07. The summed E-state index contributed by atoms with van der Waals surface area (Å²) in [5.74, 6) is 0.212. The van der Waals surface area contributed by atoms with Crippen LogP contribution in [0.3, 0.4) is 0 Å². The Morgan fingerprint density at radius 3 is 2.64 bits per heavy atom. The summed E-state index contributed by atoms with van der Waals surface area (Å²) in [4.78, 5) is 18.2. The van der Waals surface area contributed by atoms with Crippen LogP contribution in [-0.2, 0) is 5.75 Å². The zero-order chi connectivity index (χ0) is 23.4. The minimum absolute atomic E-state index is 0.0275. The molecule has 170 valence electrons. The average molecular weight is 472 g/mol. The Hall–Kier alpha value is -3.46. The van der Waals surface area contributed by atoms with E-state index in [4.69, 9.17) is 4.74 Å². The maximum atomic E-state index is 12.6. The van der Waals surface area contributed by atoms with Gasteiger partial charge in [0.05, 0.1) is 11.4 Å². The summed E-state index contributed by atoms with van der Waals surface area (Å²) in [6.07, 6.45) is -0.552. The number of imidazole rings is 1. The second kappa shape index (κ2) is 9.58. The summed E-state index contributed by atoms with van der Waals surface area (Å²) in [7, 11) is 0. The summed E-state index contributed by atoms with van der Waals surface area (Å²) in [5.41, 5.74) is 3.11. The summed E-state index contributed by atoms with van der Waals surface area (Å²) in [5, 5.41) is 2.63. The summed E-state index contributed by atoms with van der Waals surface area (Å²) in [6, 6.07) is 17.5. The molecule has 2 aromatic carbocycles. The minimum atomic E-state index is -4.47. The third-order valence-electron chi connectivity index (χ3n) is 4.69. The SMILES string of the molecule is Cc1ccc(NC(=O)c2ccc(SCc3cn4ccccc4n3)cc2)c(OCC(F)(F)F)c1. The number of halogens is 3. The predicted octanol–water partition coefficient (Wildman–Crippen LogP) is 6.13. The number of ether oxygens (including phenoxy) is 1. The second-order valence-electron chi connectivity index (χ2n) is 7.37. The number of rotatable bonds is 7. The maximum Gasteiger partial charge on any atom is 0.422 e. The summed E-state index contributed by atoms with van der Waals surface area (Å²) in [6.45, 7) is 0.298. The Kier molecular flexibility index (Phi) is 6.60. The van der Waals surface area contributed by atoms with Crippen molar-refractivity contribution in [2.45, 2.75) is 23.7 Å². The van der Waals surface area contributed by atoms with E-state index in [9.17, 15) is 18.0 Å². The molecule has 5 nitrogen and oxygen atoms in total. The number of nitrogens with zero attached hydrogens (tertiary/aromatic N) is 2. The first kappa shape index (κ1) is 22.7. The lowest BCUT2D eigenvalue weighted by molar-refractivity contribution is -0.153. The fraction of sp³-hybridized carbons (Fsp3) is 0.167. The van der Waals surface area contributed by atoms with E-state index in [1.165, 1.54) is 12.1 Å². The molecule has 0 fully saturated rings. The molecule has 0 saturated heterocycles. The largest absolute Gasteiger partial charge is 0.482 e. The zero-order valence-corrected chi connectivity index (χ0v) is 18.4. The van der Waals surface area contributed by atoms with Crippen molar-refractivity contribution in [1.82, 2.24) is 9.38 Å². The zero-order valence-electron chi connectivity index (χ0n) is 17.6. The highest BCUT2D eigenvalue weighted by molar-refractivity contribution is 7.98. The number of nitrogens with one attached hydrogen (secondary N) is 1. The van der Waals surface area contributed by atoms with Crippen LogP contribution in [0.4, 0.5) is 18.9 Å². The van der Waals surface area contributed by atoms with Crippen molar-refractivity contribution in [2.75, 3.05) is 11.9 Å². The Labute approximate surface area is 192 Å². The Balaban J connectivity index is 1.39. The van der Waals surface area contributed by atoms with Gasteiger partial charge < -0.3 is 14.5 Å². The molecule has 1 amide bonds. The normalized spacial score (nSPS) is 11.5. The van der Waals surface area contributed by atoms with Gasteiger partial charge in [0.1, 0.15) is 11.4 Å². The highest BCUT2D eigenvalue weighted by Gasteiger charge is 2.29. The average Bonchev–Trinajstić information content (AvgIpc) is 3.20. The van der Waals surface area contributed by atoms with Crippen LogP contribution in [0, 0.1) is 6.92 Å². The number of carbonyl (C=O) groups is 1. The number of alkyl halides is 3. The lowest BCUT2D eigenvalue weighted by atomic mass is 10.2. The van der Waals surface area contributed by atoms with Crippen LogP contribution in [0.1, 0.15) is 21.6 Å². The number of fused-ring (bicyclic) bond motifs is 1. The molecule has 4 rings (SSSR count). The number of carbonyl (C=O) groups excluding carboxylic acids is 1. The number of amides is 1. The molecule has 2 heterocycles. The topological polar surface area (TPSA) is 55.6 Å². The van der Waals surface area contributed by atoms with Crippen molar-refractivity contribution < 1.29 is 22.7 Å². The Bertz CT molecular complexity index is 1240. The van der Waals surface area contributed by atoms with Crippen LogP contribution >= 0.6 is 11.8 Å². The number of benzene rings is 2. The molecule has 0 aliphatic rings. The molecule has 0 radical (unpaired) electrons. The number of hydrogen-bond donors (Lipinski definition) is 1. The second-order valence-corrected chi connectivity index (χ2v) is 8.42. The van der Waals surface area contributed by atoms with Crippen molar-refractivity contribution in [3.63, 3.8) is 0 Å². The third-order valence-corrected chi connectivity index (χ3v) is 5.74. The van der Waals surface area contributed by atoms with Crippen molar-refractivity contribution in [1.29, 1.82) is 0 Å². The van der Waals surface area contributed by atoms with Gasteiger partial charge in [0.15, 0.2) is 6.61 Å². The smallest absolute Gasteiger partial charge is 0.422 e. The van der Waals surface area contributed by atoms with E-state index >= 15 is 0 Å². The number of anilines is 1. The van der Waals surface area contributed by atoms with Crippen molar-refractivity contribution in [2.24, 2.45) is 0 Å². The van der Waals surface area contributed by atoms with Gasteiger partial charge in [-0.1, -0.05) is 12.1 Å². The highest BCUT2D eigenvalue weighted by Crippen LogP contribution is 2.29. The summed E-state index contributed by atoms with van der Waals surface area (Å²) < 4.78 is 44.5. The van der Waals surface area contributed by atoms with Gasteiger partial charge in [-0.25, -0.2) is 4.98 Å². The Morgan fingerprint density at radius 1 is 1.12 bits per heavy atom. The van der Waals surface area contributed by atoms with E-state index in [0.717, 1.165) is 21.8 Å². The van der Waals surface area contributed by atoms with E-state index in [-0.39, 0.29) is 11.4 Å². The molecule has 0 saturated carbocycles. The van der Waals surface area contributed by atoms with Crippen LogP contribution in [0.15, 0.2) is 78.0 Å². The van der Waals surface area contributed by atoms with Gasteiger partial charge in [-0.05, 0) is 61.0 Å². The number of hydrogen-bond acceptors (Lipinski definition) is 4. The molecular formula is C24H20F3N3O2S. The molecule has 0 unspecified atom stereocenters. The van der Waals surface area contributed by atoms with Gasteiger partial charge >= 0.3 is 6.18 Å². The lowest BCUT2D eigenvalue weighted by Crippen LogP contribution is -2.20. The quantitative estimate of drug-likeness (QED) is 0.330. The lowest BCUT2D eigenvalue weighted by Gasteiger charge is -2.15. The molecular weight excluding hydrogens is 451 g/mol. The van der Waals surface area contributed by atoms with Gasteiger partial charge in [-0.15, -0.1) is 11.8 Å². The Morgan fingerprint density at radius 2 is 1.91 bits per heavy atom. The van der Waals surface area contributed by atoms with Crippen molar-refractivity contribution >= 4 is 29.0 Å². The highest BCUT2D eigenvalue weighted by atomic mass is 32.2. The van der Waals surface area contributed by atoms with Gasteiger partial charge in [-0.2, -0.15) is 13.2 Å². The van der Waals surface area contributed by atoms with Gasteiger partial charge in [0.25, 0.3) is 5.91 Å². The van der Waals surface area contributed by atoms with Gasteiger partial charge in [0, 0.05) is 28.6 Å². The van der Waals surface area contributed by atoms with Crippen LogP contribution in [0.5, 0.6) is 5.75 Å². The standard InChI is InChI=1S/C24H20F3N3O2S/c1-16-5-10-20(21(12-16)32-15-24(25,26)27)29-23(31)17-6-8-19(9-7-17)33-14-18-13-30-11-3-2-4-22(30)28-18/h2-13H,14-15H2,1H3,(H,29,31). The van der Waals surface area contributed by atoms with E-state index in [1.54, 1.807) is 36.9 Å². The molecule has 1 N–H and O–H groups in total. The number of aromatic nitrogens is 2.